The monoisotopic (exact) mass is 280 g/mol. The molecule has 1 atom stereocenters. The summed E-state index contributed by atoms with van der Waals surface area (Å²) >= 11 is 0. The lowest BCUT2D eigenvalue weighted by atomic mass is 10.2. The maximum atomic E-state index is 11.7. The number of ether oxygens (including phenoxy) is 1. The zero-order valence-electron chi connectivity index (χ0n) is 11.7. The molecule has 1 rings (SSSR count). The molecule has 0 spiro atoms. The quantitative estimate of drug-likeness (QED) is 0.716. The molecule has 1 aromatic carbocycles. The number of benzene rings is 1. The number of rotatable bonds is 7. The van der Waals surface area contributed by atoms with Crippen molar-refractivity contribution >= 4 is 17.7 Å². The molecule has 1 aromatic rings. The van der Waals surface area contributed by atoms with Gasteiger partial charge in [0.15, 0.2) is 0 Å². The van der Waals surface area contributed by atoms with Crippen molar-refractivity contribution in [1.82, 2.24) is 5.32 Å². The topological polar surface area (TPSA) is 87.7 Å². The fourth-order valence-electron chi connectivity index (χ4n) is 1.67. The van der Waals surface area contributed by atoms with Crippen LogP contribution in [0.3, 0.4) is 0 Å². The molecule has 0 saturated carbocycles. The number of urea groups is 1. The maximum absolute atomic E-state index is 11.7. The first-order valence-electron chi connectivity index (χ1n) is 6.60. The van der Waals surface area contributed by atoms with Crippen LogP contribution in [0.4, 0.5) is 10.5 Å². The van der Waals surface area contributed by atoms with E-state index in [1.54, 1.807) is 24.3 Å². The third kappa shape index (κ3) is 5.17. The molecule has 0 aliphatic heterocycles. The van der Waals surface area contributed by atoms with Crippen LogP contribution in [0.25, 0.3) is 0 Å². The van der Waals surface area contributed by atoms with E-state index in [9.17, 15) is 9.59 Å². The van der Waals surface area contributed by atoms with Crippen molar-refractivity contribution in [3.8, 4) is 5.75 Å². The van der Waals surface area contributed by atoms with Gasteiger partial charge in [-0.05, 0) is 37.6 Å². The summed E-state index contributed by atoms with van der Waals surface area (Å²) in [6.07, 6.45) is 1.08. The van der Waals surface area contributed by atoms with Crippen LogP contribution in [0.15, 0.2) is 24.3 Å². The third-order valence-electron chi connectivity index (χ3n) is 2.60. The van der Waals surface area contributed by atoms with Gasteiger partial charge in [0.1, 0.15) is 11.8 Å². The molecule has 0 aliphatic rings. The van der Waals surface area contributed by atoms with E-state index < -0.39 is 18.0 Å². The highest BCUT2D eigenvalue weighted by atomic mass is 16.5. The minimum Gasteiger partial charge on any atom is -0.494 e. The predicted octanol–water partition coefficient (Wildman–Crippen LogP) is 2.46. The van der Waals surface area contributed by atoms with E-state index in [1.165, 1.54) is 0 Å². The molecule has 0 fully saturated rings. The Labute approximate surface area is 118 Å². The lowest BCUT2D eigenvalue weighted by Gasteiger charge is -2.14. The van der Waals surface area contributed by atoms with Gasteiger partial charge in [0.25, 0.3) is 0 Å². The summed E-state index contributed by atoms with van der Waals surface area (Å²) in [4.78, 5) is 22.6. The molecule has 6 nitrogen and oxygen atoms in total. The Morgan fingerprint density at radius 1 is 1.25 bits per heavy atom. The summed E-state index contributed by atoms with van der Waals surface area (Å²) in [6.45, 7) is 4.33. The summed E-state index contributed by atoms with van der Waals surface area (Å²) in [7, 11) is 0. The summed E-state index contributed by atoms with van der Waals surface area (Å²) < 4.78 is 5.29. The van der Waals surface area contributed by atoms with E-state index >= 15 is 0 Å². The molecular weight excluding hydrogens is 260 g/mol. The van der Waals surface area contributed by atoms with Gasteiger partial charge >= 0.3 is 12.0 Å². The van der Waals surface area contributed by atoms with E-state index in [0.29, 0.717) is 30.9 Å². The maximum Gasteiger partial charge on any atom is 0.326 e. The van der Waals surface area contributed by atoms with Gasteiger partial charge in [-0.1, -0.05) is 13.3 Å². The van der Waals surface area contributed by atoms with Gasteiger partial charge in [0, 0.05) is 5.69 Å². The van der Waals surface area contributed by atoms with Crippen molar-refractivity contribution in [2.24, 2.45) is 0 Å². The number of hydrogen-bond acceptors (Lipinski definition) is 3. The average Bonchev–Trinajstić information content (AvgIpc) is 2.40. The second-order valence-electron chi connectivity index (χ2n) is 4.24. The van der Waals surface area contributed by atoms with Gasteiger partial charge in [0.2, 0.25) is 0 Å². The van der Waals surface area contributed by atoms with Gasteiger partial charge in [-0.15, -0.1) is 0 Å². The molecule has 0 bridgehead atoms. The van der Waals surface area contributed by atoms with Crippen LogP contribution in [0.1, 0.15) is 26.7 Å². The summed E-state index contributed by atoms with van der Waals surface area (Å²) in [5.41, 5.74) is 0.576. The van der Waals surface area contributed by atoms with Crippen molar-refractivity contribution in [1.29, 1.82) is 0 Å². The fourth-order valence-corrected chi connectivity index (χ4v) is 1.67. The molecule has 0 aliphatic carbocycles. The van der Waals surface area contributed by atoms with Gasteiger partial charge in [0.05, 0.1) is 6.61 Å². The van der Waals surface area contributed by atoms with Gasteiger partial charge in [-0.25, -0.2) is 9.59 Å². The SMILES string of the molecule is CCC[C@@H](NC(=O)Nc1ccc(OCC)cc1)C(=O)O. The molecular formula is C14H20N2O4. The first-order chi connectivity index (χ1) is 9.56. The number of nitrogens with one attached hydrogen (secondary N) is 2. The first-order valence-corrected chi connectivity index (χ1v) is 6.60. The number of hydrogen-bond donors (Lipinski definition) is 3. The van der Waals surface area contributed by atoms with Crippen LogP contribution in [0, 0.1) is 0 Å². The number of aliphatic carboxylic acids is 1. The predicted molar refractivity (Wildman–Crippen MR) is 76.1 cm³/mol. The van der Waals surface area contributed by atoms with Crippen molar-refractivity contribution in [2.45, 2.75) is 32.7 Å². The van der Waals surface area contributed by atoms with E-state index in [1.807, 2.05) is 13.8 Å². The zero-order chi connectivity index (χ0) is 15.0. The Morgan fingerprint density at radius 3 is 2.40 bits per heavy atom. The van der Waals surface area contributed by atoms with E-state index in [-0.39, 0.29) is 0 Å². The largest absolute Gasteiger partial charge is 0.494 e. The Morgan fingerprint density at radius 2 is 1.90 bits per heavy atom. The summed E-state index contributed by atoms with van der Waals surface area (Å²) in [5.74, 6) is -0.318. The van der Waals surface area contributed by atoms with E-state index in [0.717, 1.165) is 0 Å². The van der Waals surface area contributed by atoms with E-state index in [2.05, 4.69) is 10.6 Å². The molecule has 0 saturated heterocycles. The molecule has 0 aromatic heterocycles. The van der Waals surface area contributed by atoms with Crippen molar-refractivity contribution in [3.63, 3.8) is 0 Å². The summed E-state index contributed by atoms with van der Waals surface area (Å²) in [6, 6.07) is 5.46. The average molecular weight is 280 g/mol. The Kier molecular flexibility index (Phi) is 6.36. The second kappa shape index (κ2) is 8.04. The molecule has 110 valence electrons. The number of carbonyl (C=O) groups excluding carboxylic acids is 1. The molecule has 0 radical (unpaired) electrons. The third-order valence-corrected chi connectivity index (χ3v) is 2.60. The smallest absolute Gasteiger partial charge is 0.326 e. The van der Waals surface area contributed by atoms with Crippen LogP contribution < -0.4 is 15.4 Å². The molecule has 20 heavy (non-hydrogen) atoms. The molecule has 2 amide bonds. The summed E-state index contributed by atoms with van der Waals surface area (Å²) in [5, 5.41) is 14.0. The van der Waals surface area contributed by atoms with Crippen LogP contribution in [-0.4, -0.2) is 29.8 Å². The number of carbonyl (C=O) groups is 2. The standard InChI is InChI=1S/C14H20N2O4/c1-3-5-12(13(17)18)16-14(19)15-10-6-8-11(9-7-10)20-4-2/h6-9,12H,3-5H2,1-2H3,(H,17,18)(H2,15,16,19)/t12-/m1/s1. The van der Waals surface area contributed by atoms with Crippen molar-refractivity contribution in [3.05, 3.63) is 24.3 Å². The van der Waals surface area contributed by atoms with Gasteiger partial charge in [-0.3, -0.25) is 0 Å². The Balaban J connectivity index is 2.54. The Bertz CT molecular complexity index is 445. The zero-order valence-corrected chi connectivity index (χ0v) is 11.7. The number of carboxylic acid groups (broad SMARTS) is 1. The highest BCUT2D eigenvalue weighted by Gasteiger charge is 2.18. The number of anilines is 1. The lowest BCUT2D eigenvalue weighted by molar-refractivity contribution is -0.139. The molecule has 0 heterocycles. The van der Waals surface area contributed by atoms with Crippen LogP contribution >= 0.6 is 0 Å². The highest BCUT2D eigenvalue weighted by Crippen LogP contribution is 2.15. The van der Waals surface area contributed by atoms with Crippen LogP contribution in [0.2, 0.25) is 0 Å². The first kappa shape index (κ1) is 15.8. The highest BCUT2D eigenvalue weighted by molar-refractivity contribution is 5.92. The van der Waals surface area contributed by atoms with Crippen LogP contribution in [-0.2, 0) is 4.79 Å². The lowest BCUT2D eigenvalue weighted by Crippen LogP contribution is -2.42. The Hall–Kier alpha value is -2.24. The van der Waals surface area contributed by atoms with E-state index in [4.69, 9.17) is 9.84 Å². The van der Waals surface area contributed by atoms with Gasteiger partial charge in [-0.2, -0.15) is 0 Å². The molecule has 3 N–H and O–H groups in total. The minimum atomic E-state index is -1.03. The number of carboxylic acids is 1. The van der Waals surface area contributed by atoms with Crippen molar-refractivity contribution < 1.29 is 19.4 Å². The minimum absolute atomic E-state index is 0.395. The molecule has 6 heteroatoms. The second-order valence-corrected chi connectivity index (χ2v) is 4.24. The van der Waals surface area contributed by atoms with Gasteiger partial charge < -0.3 is 20.5 Å². The van der Waals surface area contributed by atoms with Crippen molar-refractivity contribution in [2.75, 3.05) is 11.9 Å². The molecule has 0 unspecified atom stereocenters. The number of amides is 2. The fraction of sp³-hybridized carbons (Fsp3) is 0.429. The normalized spacial score (nSPS) is 11.5. The van der Waals surface area contributed by atoms with Crippen LogP contribution in [0.5, 0.6) is 5.75 Å².